The van der Waals surface area contributed by atoms with Crippen LogP contribution in [0.25, 0.3) is 0 Å². The number of rotatable bonds is 2. The maximum absolute atomic E-state index is 10.4. The summed E-state index contributed by atoms with van der Waals surface area (Å²) >= 11 is 0. The molecule has 10 heavy (non-hydrogen) atoms. The molecule has 0 heterocycles. The zero-order valence-corrected chi connectivity index (χ0v) is 5.51. The Labute approximate surface area is 57.7 Å². The molecule has 0 aliphatic carbocycles. The van der Waals surface area contributed by atoms with Gasteiger partial charge in [0.05, 0.1) is 6.42 Å². The average molecular weight is 144 g/mol. The van der Waals surface area contributed by atoms with E-state index >= 15 is 0 Å². The van der Waals surface area contributed by atoms with Crippen LogP contribution in [-0.4, -0.2) is 17.8 Å². The zero-order valence-electron chi connectivity index (χ0n) is 5.51. The number of nitrogens with one attached hydrogen (secondary N) is 1. The molecule has 0 aliphatic heterocycles. The highest BCUT2D eigenvalue weighted by molar-refractivity contribution is 5.98. The summed E-state index contributed by atoms with van der Waals surface area (Å²) in [6, 6.07) is 0. The third-order valence-electron chi connectivity index (χ3n) is 0.624. The number of ether oxygens (including phenoxy) is 1. The van der Waals surface area contributed by atoms with E-state index in [1.54, 1.807) is 0 Å². The fourth-order valence-corrected chi connectivity index (χ4v) is 0.365. The summed E-state index contributed by atoms with van der Waals surface area (Å²) < 4.78 is 3.92. The first-order chi connectivity index (χ1) is 4.52. The van der Waals surface area contributed by atoms with Gasteiger partial charge in [0.2, 0.25) is 0 Å². The minimum atomic E-state index is -1.13. The van der Waals surface area contributed by atoms with Gasteiger partial charge in [0.1, 0.15) is 0 Å². The molecule has 0 spiro atoms. The number of primary amides is 1. The van der Waals surface area contributed by atoms with Crippen LogP contribution in [0.1, 0.15) is 13.3 Å². The fraction of sp³-hybridized carbons (Fsp3) is 0.400. The quantitative estimate of drug-likeness (QED) is 0.325. The maximum atomic E-state index is 10.4. The SMILES string of the molecule is CC(=N)CC(=O)OC(N)=O. The van der Waals surface area contributed by atoms with Crippen molar-refractivity contribution < 1.29 is 14.3 Å². The van der Waals surface area contributed by atoms with Crippen molar-refractivity contribution in [2.24, 2.45) is 5.73 Å². The summed E-state index contributed by atoms with van der Waals surface area (Å²) in [4.78, 5) is 20.3. The topological polar surface area (TPSA) is 93.2 Å². The molecule has 0 saturated carbocycles. The summed E-state index contributed by atoms with van der Waals surface area (Å²) in [5.41, 5.74) is 4.65. The van der Waals surface area contributed by atoms with E-state index in [4.69, 9.17) is 5.41 Å². The van der Waals surface area contributed by atoms with Gasteiger partial charge >= 0.3 is 12.1 Å². The van der Waals surface area contributed by atoms with Gasteiger partial charge in [-0.3, -0.25) is 4.79 Å². The monoisotopic (exact) mass is 144 g/mol. The number of carbonyl (C=O) groups is 2. The summed E-state index contributed by atoms with van der Waals surface area (Å²) in [6.45, 7) is 1.43. The van der Waals surface area contributed by atoms with Crippen LogP contribution >= 0.6 is 0 Å². The summed E-state index contributed by atoms with van der Waals surface area (Å²) in [7, 11) is 0. The number of amides is 1. The number of nitrogens with two attached hydrogens (primary N) is 1. The molecule has 0 aliphatic rings. The first-order valence-corrected chi connectivity index (χ1v) is 2.56. The van der Waals surface area contributed by atoms with Crippen molar-refractivity contribution in [3.63, 3.8) is 0 Å². The van der Waals surface area contributed by atoms with E-state index in [1.165, 1.54) is 6.92 Å². The molecular weight excluding hydrogens is 136 g/mol. The van der Waals surface area contributed by atoms with Gasteiger partial charge in [-0.25, -0.2) is 4.79 Å². The highest BCUT2D eigenvalue weighted by Crippen LogP contribution is 1.86. The van der Waals surface area contributed by atoms with Crippen molar-refractivity contribution in [1.82, 2.24) is 0 Å². The molecule has 0 rings (SSSR count). The van der Waals surface area contributed by atoms with Gasteiger partial charge < -0.3 is 15.9 Å². The molecule has 0 aromatic heterocycles. The summed E-state index contributed by atoms with van der Waals surface area (Å²) in [6.07, 6.45) is -1.32. The molecule has 0 atom stereocenters. The third-order valence-corrected chi connectivity index (χ3v) is 0.624. The Morgan fingerprint density at radius 2 is 2.10 bits per heavy atom. The zero-order chi connectivity index (χ0) is 8.15. The molecule has 5 heteroatoms. The standard InChI is InChI=1S/C5H8N2O3/c1-3(6)2-4(8)10-5(7)9/h6H,2H2,1H3,(H2,7,9). The number of esters is 1. The number of hydrogen-bond acceptors (Lipinski definition) is 4. The molecule has 0 radical (unpaired) electrons. The van der Waals surface area contributed by atoms with Crippen LogP contribution in [0.4, 0.5) is 4.79 Å². The van der Waals surface area contributed by atoms with E-state index in [9.17, 15) is 9.59 Å². The molecule has 56 valence electrons. The van der Waals surface area contributed by atoms with Crippen molar-refractivity contribution >= 4 is 17.8 Å². The first kappa shape index (κ1) is 8.61. The maximum Gasteiger partial charge on any atom is 0.412 e. The van der Waals surface area contributed by atoms with Crippen LogP contribution in [-0.2, 0) is 9.53 Å². The highest BCUT2D eigenvalue weighted by atomic mass is 16.6. The lowest BCUT2D eigenvalue weighted by atomic mass is 10.3. The van der Waals surface area contributed by atoms with Gasteiger partial charge in [-0.15, -0.1) is 0 Å². The van der Waals surface area contributed by atoms with Crippen LogP contribution in [0.3, 0.4) is 0 Å². The predicted octanol–water partition coefficient (Wildman–Crippen LogP) is 0.0381. The van der Waals surface area contributed by atoms with E-state index in [0.717, 1.165) is 0 Å². The van der Waals surface area contributed by atoms with Crippen LogP contribution < -0.4 is 5.73 Å². The van der Waals surface area contributed by atoms with E-state index in [2.05, 4.69) is 10.5 Å². The summed E-state index contributed by atoms with van der Waals surface area (Å²) in [5, 5.41) is 6.82. The van der Waals surface area contributed by atoms with Gasteiger partial charge in [-0.1, -0.05) is 0 Å². The molecule has 0 aromatic rings. The molecule has 5 nitrogen and oxygen atoms in total. The molecule has 0 unspecified atom stereocenters. The Hall–Kier alpha value is -1.39. The van der Waals surface area contributed by atoms with Crippen molar-refractivity contribution in [2.45, 2.75) is 13.3 Å². The van der Waals surface area contributed by atoms with Gasteiger partial charge in [0, 0.05) is 5.71 Å². The van der Waals surface area contributed by atoms with E-state index in [1.807, 2.05) is 0 Å². The third kappa shape index (κ3) is 4.76. The molecular formula is C5H8N2O3. The Morgan fingerprint density at radius 1 is 1.60 bits per heavy atom. The van der Waals surface area contributed by atoms with Crippen LogP contribution in [0.15, 0.2) is 0 Å². The average Bonchev–Trinajstić information content (AvgIpc) is 1.58. The Kier molecular flexibility index (Phi) is 3.10. The van der Waals surface area contributed by atoms with Crippen molar-refractivity contribution in [1.29, 1.82) is 5.41 Å². The number of carbonyl (C=O) groups excluding carboxylic acids is 2. The molecule has 1 amide bonds. The van der Waals surface area contributed by atoms with Gasteiger partial charge in [0.25, 0.3) is 0 Å². The molecule has 0 saturated heterocycles. The van der Waals surface area contributed by atoms with E-state index < -0.39 is 12.1 Å². The second kappa shape index (κ2) is 3.60. The van der Waals surface area contributed by atoms with Gasteiger partial charge in [0.15, 0.2) is 0 Å². The summed E-state index contributed by atoms with van der Waals surface area (Å²) in [5.74, 6) is -0.792. The van der Waals surface area contributed by atoms with Crippen molar-refractivity contribution in [3.8, 4) is 0 Å². The first-order valence-electron chi connectivity index (χ1n) is 2.56. The van der Waals surface area contributed by atoms with E-state index in [-0.39, 0.29) is 12.1 Å². The smallest absolute Gasteiger partial charge is 0.376 e. The normalized spacial score (nSPS) is 8.50. The minimum absolute atomic E-state index is 0.131. The highest BCUT2D eigenvalue weighted by Gasteiger charge is 2.06. The number of hydrogen-bond donors (Lipinski definition) is 2. The predicted molar refractivity (Wildman–Crippen MR) is 33.7 cm³/mol. The lowest BCUT2D eigenvalue weighted by Crippen LogP contribution is -2.19. The van der Waals surface area contributed by atoms with E-state index in [0.29, 0.717) is 0 Å². The lowest BCUT2D eigenvalue weighted by molar-refractivity contribution is -0.135. The fourth-order valence-electron chi connectivity index (χ4n) is 0.365. The molecule has 0 aromatic carbocycles. The van der Waals surface area contributed by atoms with Gasteiger partial charge in [-0.2, -0.15) is 0 Å². The molecule has 0 fully saturated rings. The van der Waals surface area contributed by atoms with Crippen LogP contribution in [0.5, 0.6) is 0 Å². The Bertz CT molecular complexity index is 158. The Balaban J connectivity index is 3.65. The van der Waals surface area contributed by atoms with Crippen LogP contribution in [0, 0.1) is 5.41 Å². The molecule has 3 N–H and O–H groups in total. The Morgan fingerprint density at radius 3 is 2.40 bits per heavy atom. The minimum Gasteiger partial charge on any atom is -0.376 e. The largest absolute Gasteiger partial charge is 0.412 e. The second-order valence-corrected chi connectivity index (χ2v) is 1.75. The second-order valence-electron chi connectivity index (χ2n) is 1.75. The van der Waals surface area contributed by atoms with Crippen molar-refractivity contribution in [2.75, 3.05) is 0 Å². The molecule has 0 bridgehead atoms. The van der Waals surface area contributed by atoms with Crippen LogP contribution in [0.2, 0.25) is 0 Å². The van der Waals surface area contributed by atoms with Gasteiger partial charge in [-0.05, 0) is 6.92 Å². The van der Waals surface area contributed by atoms with Crippen molar-refractivity contribution in [3.05, 3.63) is 0 Å². The lowest BCUT2D eigenvalue weighted by Gasteiger charge is -1.95.